The summed E-state index contributed by atoms with van der Waals surface area (Å²) >= 11 is 0. The van der Waals surface area contributed by atoms with Crippen LogP contribution < -0.4 is 5.32 Å². The maximum atomic E-state index is 6.02. The van der Waals surface area contributed by atoms with Gasteiger partial charge in [0.15, 0.2) is 0 Å². The Hall–Kier alpha value is -0.550. The minimum Gasteiger partial charge on any atom is -0.468 e. The lowest BCUT2D eigenvalue weighted by atomic mass is 9.86. The molecule has 1 aromatic rings. The van der Waals surface area contributed by atoms with Crippen LogP contribution in [-0.4, -0.2) is 43.8 Å². The number of nitrogens with zero attached hydrogens (tertiary/aromatic N) is 1. The smallest absolute Gasteiger partial charge is 0.117 e. The lowest BCUT2D eigenvalue weighted by Gasteiger charge is -2.44. The van der Waals surface area contributed by atoms with Crippen molar-refractivity contribution in [1.29, 1.82) is 0 Å². The molecule has 1 aromatic heterocycles. The van der Waals surface area contributed by atoms with E-state index in [2.05, 4.69) is 17.3 Å². The second-order valence-electron chi connectivity index (χ2n) is 5.46. The molecule has 0 bridgehead atoms. The summed E-state index contributed by atoms with van der Waals surface area (Å²) in [5, 5.41) is 3.54. The quantitative estimate of drug-likeness (QED) is 0.921. The van der Waals surface area contributed by atoms with Crippen LogP contribution in [0.1, 0.15) is 18.6 Å². The molecule has 0 radical (unpaired) electrons. The molecule has 2 saturated heterocycles. The molecule has 4 nitrogen and oxygen atoms in total. The van der Waals surface area contributed by atoms with Crippen molar-refractivity contribution in [3.63, 3.8) is 0 Å². The Kier molecular flexibility index (Phi) is 5.28. The molecule has 0 aliphatic carbocycles. The molecule has 2 fully saturated rings. The van der Waals surface area contributed by atoms with E-state index >= 15 is 0 Å². The molecule has 108 valence electrons. The van der Waals surface area contributed by atoms with Crippen LogP contribution in [-0.2, 0) is 11.3 Å². The Balaban J connectivity index is 0.00000133. The van der Waals surface area contributed by atoms with Crippen molar-refractivity contribution in [2.45, 2.75) is 31.5 Å². The number of hydrogen-bond donors (Lipinski definition) is 1. The maximum Gasteiger partial charge on any atom is 0.117 e. The summed E-state index contributed by atoms with van der Waals surface area (Å²) < 4.78 is 11.5. The third-order valence-corrected chi connectivity index (χ3v) is 4.18. The van der Waals surface area contributed by atoms with Crippen molar-refractivity contribution in [2.75, 3.05) is 26.7 Å². The summed E-state index contributed by atoms with van der Waals surface area (Å²) in [4.78, 5) is 2.36. The van der Waals surface area contributed by atoms with Gasteiger partial charge >= 0.3 is 0 Å². The van der Waals surface area contributed by atoms with Gasteiger partial charge in [-0.2, -0.15) is 0 Å². The van der Waals surface area contributed by atoms with E-state index < -0.39 is 0 Å². The first-order chi connectivity index (χ1) is 8.84. The zero-order valence-corrected chi connectivity index (χ0v) is 12.2. The van der Waals surface area contributed by atoms with E-state index in [1.54, 1.807) is 6.26 Å². The SMILES string of the molecule is CN(Cc1ccco1)[C@@H]1CNC[C@@H]2CCCO[C@@H]21.Cl. The van der Waals surface area contributed by atoms with Gasteiger partial charge in [-0.05, 0) is 37.9 Å². The molecule has 3 rings (SSSR count). The third kappa shape index (κ3) is 3.31. The highest BCUT2D eigenvalue weighted by Crippen LogP contribution is 2.28. The van der Waals surface area contributed by atoms with Crippen molar-refractivity contribution in [2.24, 2.45) is 5.92 Å². The minimum absolute atomic E-state index is 0. The van der Waals surface area contributed by atoms with Crippen molar-refractivity contribution in [3.8, 4) is 0 Å². The molecule has 0 amide bonds. The molecule has 2 aliphatic rings. The monoisotopic (exact) mass is 286 g/mol. The molecule has 19 heavy (non-hydrogen) atoms. The van der Waals surface area contributed by atoms with Gasteiger partial charge in [0.25, 0.3) is 0 Å². The molecule has 3 atom stereocenters. The summed E-state index contributed by atoms with van der Waals surface area (Å²) in [5.41, 5.74) is 0. The maximum absolute atomic E-state index is 6.02. The average Bonchev–Trinajstić information content (AvgIpc) is 2.91. The van der Waals surface area contributed by atoms with Gasteiger partial charge in [-0.3, -0.25) is 4.90 Å². The molecule has 0 aromatic carbocycles. The highest BCUT2D eigenvalue weighted by Gasteiger charge is 2.37. The van der Waals surface area contributed by atoms with E-state index in [1.165, 1.54) is 12.8 Å². The Bertz CT molecular complexity index is 370. The first kappa shape index (κ1) is 14.9. The average molecular weight is 287 g/mol. The molecule has 0 spiro atoms. The Labute approximate surface area is 120 Å². The molecule has 5 heteroatoms. The van der Waals surface area contributed by atoms with E-state index in [9.17, 15) is 0 Å². The highest BCUT2D eigenvalue weighted by molar-refractivity contribution is 5.85. The normalized spacial score (nSPS) is 30.7. The van der Waals surface area contributed by atoms with E-state index in [0.29, 0.717) is 18.1 Å². The second-order valence-corrected chi connectivity index (χ2v) is 5.46. The molecular formula is C14H23ClN2O2. The van der Waals surface area contributed by atoms with Gasteiger partial charge in [0, 0.05) is 25.7 Å². The van der Waals surface area contributed by atoms with Crippen LogP contribution in [0.2, 0.25) is 0 Å². The van der Waals surface area contributed by atoms with Crippen molar-refractivity contribution in [1.82, 2.24) is 10.2 Å². The van der Waals surface area contributed by atoms with Crippen LogP contribution in [0.3, 0.4) is 0 Å². The standard InChI is InChI=1S/C14H22N2O2.ClH/c1-16(10-12-5-3-6-17-12)13-9-15-8-11-4-2-7-18-14(11)13;/h3,5-6,11,13-15H,2,4,7-10H2,1H3;1H/t11-,13+,14-;/m0./s1. The minimum atomic E-state index is 0. The number of rotatable bonds is 3. The molecule has 0 unspecified atom stereocenters. The Morgan fingerprint density at radius 1 is 1.42 bits per heavy atom. The molecular weight excluding hydrogens is 264 g/mol. The zero-order valence-electron chi connectivity index (χ0n) is 11.4. The van der Waals surface area contributed by atoms with Gasteiger partial charge < -0.3 is 14.5 Å². The lowest BCUT2D eigenvalue weighted by molar-refractivity contribution is -0.0862. The van der Waals surface area contributed by atoms with Crippen molar-refractivity contribution in [3.05, 3.63) is 24.2 Å². The summed E-state index contributed by atoms with van der Waals surface area (Å²) in [5.74, 6) is 1.70. The fraction of sp³-hybridized carbons (Fsp3) is 0.714. The van der Waals surface area contributed by atoms with Crippen molar-refractivity contribution < 1.29 is 9.15 Å². The Morgan fingerprint density at radius 2 is 2.32 bits per heavy atom. The lowest BCUT2D eigenvalue weighted by Crippen LogP contribution is -2.58. The van der Waals surface area contributed by atoms with E-state index in [1.807, 2.05) is 12.1 Å². The summed E-state index contributed by atoms with van der Waals surface area (Å²) in [7, 11) is 2.16. The van der Waals surface area contributed by atoms with Crippen LogP contribution in [0.5, 0.6) is 0 Å². The fourth-order valence-corrected chi connectivity index (χ4v) is 3.21. The molecule has 0 saturated carbocycles. The number of furan rings is 1. The van der Waals surface area contributed by atoms with Gasteiger partial charge in [0.1, 0.15) is 5.76 Å². The molecule has 1 N–H and O–H groups in total. The van der Waals surface area contributed by atoms with Crippen LogP contribution in [0.25, 0.3) is 0 Å². The number of piperidine rings is 1. The third-order valence-electron chi connectivity index (χ3n) is 4.18. The van der Waals surface area contributed by atoms with E-state index in [4.69, 9.17) is 9.15 Å². The van der Waals surface area contributed by atoms with Crippen LogP contribution in [0, 0.1) is 5.92 Å². The van der Waals surface area contributed by atoms with Gasteiger partial charge in [-0.25, -0.2) is 0 Å². The topological polar surface area (TPSA) is 37.6 Å². The highest BCUT2D eigenvalue weighted by atomic mass is 35.5. The molecule has 3 heterocycles. The number of hydrogen-bond acceptors (Lipinski definition) is 4. The predicted molar refractivity (Wildman–Crippen MR) is 76.5 cm³/mol. The van der Waals surface area contributed by atoms with Crippen molar-refractivity contribution >= 4 is 12.4 Å². The predicted octanol–water partition coefficient (Wildman–Crippen LogP) is 1.90. The number of halogens is 1. The van der Waals surface area contributed by atoms with E-state index in [0.717, 1.165) is 32.0 Å². The number of fused-ring (bicyclic) bond motifs is 1. The molecule has 2 aliphatic heterocycles. The first-order valence-electron chi connectivity index (χ1n) is 6.89. The summed E-state index contributed by atoms with van der Waals surface area (Å²) in [6.45, 7) is 3.90. The van der Waals surface area contributed by atoms with Crippen LogP contribution >= 0.6 is 12.4 Å². The number of likely N-dealkylation sites (N-methyl/N-ethyl adjacent to an activating group) is 1. The van der Waals surface area contributed by atoms with Gasteiger partial charge in [-0.15, -0.1) is 12.4 Å². The summed E-state index contributed by atoms with van der Waals surface area (Å²) in [6.07, 6.45) is 4.63. The number of nitrogens with one attached hydrogen (secondary N) is 1. The fourth-order valence-electron chi connectivity index (χ4n) is 3.21. The Morgan fingerprint density at radius 3 is 3.11 bits per heavy atom. The zero-order chi connectivity index (χ0) is 12.4. The van der Waals surface area contributed by atoms with Gasteiger partial charge in [0.2, 0.25) is 0 Å². The van der Waals surface area contributed by atoms with Gasteiger partial charge in [0.05, 0.1) is 18.9 Å². The van der Waals surface area contributed by atoms with Crippen LogP contribution in [0.4, 0.5) is 0 Å². The number of ether oxygens (including phenoxy) is 1. The van der Waals surface area contributed by atoms with E-state index in [-0.39, 0.29) is 12.4 Å². The van der Waals surface area contributed by atoms with Gasteiger partial charge in [-0.1, -0.05) is 0 Å². The van der Waals surface area contributed by atoms with Crippen LogP contribution in [0.15, 0.2) is 22.8 Å². The second kappa shape index (κ2) is 6.75. The largest absolute Gasteiger partial charge is 0.468 e. The first-order valence-corrected chi connectivity index (χ1v) is 6.89. The summed E-state index contributed by atoms with van der Waals surface area (Å²) in [6, 6.07) is 4.43.